The number of ketones is 1. The van der Waals surface area contributed by atoms with Crippen molar-refractivity contribution in [3.8, 4) is 0 Å². The SMILES string of the molecule is CC(=O)CSc1ccccc1C(=O)O[C@@H](C)C(=O)NNC(=O)c1ccccc1. The summed E-state index contributed by atoms with van der Waals surface area (Å²) in [4.78, 5) is 48.2. The fourth-order valence-corrected chi connectivity index (χ4v) is 2.94. The van der Waals surface area contributed by atoms with Gasteiger partial charge in [0.1, 0.15) is 5.78 Å². The molecule has 2 aromatic carbocycles. The van der Waals surface area contributed by atoms with Crippen molar-refractivity contribution in [2.24, 2.45) is 0 Å². The highest BCUT2D eigenvalue weighted by Gasteiger charge is 2.21. The van der Waals surface area contributed by atoms with E-state index < -0.39 is 23.9 Å². The Bertz CT molecular complexity index is 870. The van der Waals surface area contributed by atoms with Gasteiger partial charge in [-0.25, -0.2) is 4.79 Å². The molecule has 2 aromatic rings. The van der Waals surface area contributed by atoms with Crippen LogP contribution in [0.4, 0.5) is 0 Å². The van der Waals surface area contributed by atoms with E-state index >= 15 is 0 Å². The highest BCUT2D eigenvalue weighted by atomic mass is 32.2. The van der Waals surface area contributed by atoms with Crippen molar-refractivity contribution in [1.82, 2.24) is 10.9 Å². The van der Waals surface area contributed by atoms with E-state index in [9.17, 15) is 19.2 Å². The lowest BCUT2D eigenvalue weighted by molar-refractivity contribution is -0.129. The van der Waals surface area contributed by atoms with Crippen molar-refractivity contribution < 1.29 is 23.9 Å². The molecule has 7 nitrogen and oxygen atoms in total. The second kappa shape index (κ2) is 10.3. The Balaban J connectivity index is 1.92. The molecule has 0 unspecified atom stereocenters. The summed E-state index contributed by atoms with van der Waals surface area (Å²) in [5.41, 5.74) is 5.14. The van der Waals surface area contributed by atoms with Crippen molar-refractivity contribution in [3.63, 3.8) is 0 Å². The highest BCUT2D eigenvalue weighted by molar-refractivity contribution is 8.00. The molecule has 0 aliphatic carbocycles. The van der Waals surface area contributed by atoms with Crippen molar-refractivity contribution >= 4 is 35.3 Å². The third kappa shape index (κ3) is 6.24. The number of esters is 1. The number of carbonyl (C=O) groups is 4. The van der Waals surface area contributed by atoms with E-state index in [1.54, 1.807) is 54.6 Å². The number of amides is 2. The number of nitrogens with one attached hydrogen (secondary N) is 2. The molecule has 0 aliphatic rings. The largest absolute Gasteiger partial charge is 0.449 e. The predicted molar refractivity (Wildman–Crippen MR) is 105 cm³/mol. The monoisotopic (exact) mass is 400 g/mol. The molecule has 146 valence electrons. The summed E-state index contributed by atoms with van der Waals surface area (Å²) < 4.78 is 5.18. The molecule has 0 fully saturated rings. The standard InChI is InChI=1S/C20H20N2O5S/c1-13(23)12-28-17-11-7-6-10-16(17)20(26)27-14(2)18(24)21-22-19(25)15-8-4-3-5-9-15/h3-11,14H,12H2,1-2H3,(H,21,24)(H,22,25)/t14-/m0/s1. The number of ether oxygens (including phenoxy) is 1. The first-order chi connectivity index (χ1) is 13.4. The van der Waals surface area contributed by atoms with E-state index in [0.29, 0.717) is 10.5 Å². The molecule has 28 heavy (non-hydrogen) atoms. The molecule has 0 spiro atoms. The lowest BCUT2D eigenvalue weighted by atomic mass is 10.2. The Labute approximate surface area is 166 Å². The van der Waals surface area contributed by atoms with E-state index in [0.717, 1.165) is 0 Å². The summed E-state index contributed by atoms with van der Waals surface area (Å²) in [5.74, 6) is -1.64. The van der Waals surface area contributed by atoms with Gasteiger partial charge in [0.2, 0.25) is 0 Å². The van der Waals surface area contributed by atoms with Crippen LogP contribution in [0.2, 0.25) is 0 Å². The number of benzene rings is 2. The zero-order chi connectivity index (χ0) is 20.5. The molecular weight excluding hydrogens is 380 g/mol. The van der Waals surface area contributed by atoms with Gasteiger partial charge in [-0.1, -0.05) is 30.3 Å². The lowest BCUT2D eigenvalue weighted by Crippen LogP contribution is -2.46. The van der Waals surface area contributed by atoms with Gasteiger partial charge in [-0.05, 0) is 38.1 Å². The highest BCUT2D eigenvalue weighted by Crippen LogP contribution is 2.23. The van der Waals surface area contributed by atoms with Crippen molar-refractivity contribution in [1.29, 1.82) is 0 Å². The van der Waals surface area contributed by atoms with Crippen LogP contribution in [0.15, 0.2) is 59.5 Å². The third-order valence-corrected chi connectivity index (χ3v) is 4.74. The number of rotatable bonds is 7. The first-order valence-electron chi connectivity index (χ1n) is 8.46. The maximum absolute atomic E-state index is 12.4. The van der Waals surface area contributed by atoms with E-state index in [2.05, 4.69) is 10.9 Å². The number of thioether (sulfide) groups is 1. The van der Waals surface area contributed by atoms with Gasteiger partial charge in [-0.3, -0.25) is 25.2 Å². The minimum Gasteiger partial charge on any atom is -0.449 e. The molecule has 0 heterocycles. The van der Waals surface area contributed by atoms with E-state index in [1.807, 2.05) is 0 Å². The Hall–Kier alpha value is -3.13. The van der Waals surface area contributed by atoms with Crippen LogP contribution in [0.1, 0.15) is 34.6 Å². The topological polar surface area (TPSA) is 102 Å². The Morgan fingerprint density at radius 1 is 0.964 bits per heavy atom. The average Bonchev–Trinajstić information content (AvgIpc) is 2.70. The Kier molecular flexibility index (Phi) is 7.76. The van der Waals surface area contributed by atoms with Gasteiger partial charge in [-0.2, -0.15) is 0 Å². The molecule has 0 saturated heterocycles. The Morgan fingerprint density at radius 2 is 1.61 bits per heavy atom. The quantitative estimate of drug-likeness (QED) is 0.420. The fraction of sp³-hybridized carbons (Fsp3) is 0.200. The van der Waals surface area contributed by atoms with E-state index in [-0.39, 0.29) is 17.1 Å². The van der Waals surface area contributed by atoms with Gasteiger partial charge in [0.05, 0.1) is 11.3 Å². The molecule has 0 bridgehead atoms. The molecule has 0 aliphatic heterocycles. The summed E-state index contributed by atoms with van der Waals surface area (Å²) in [6.45, 7) is 2.86. The van der Waals surface area contributed by atoms with Crippen molar-refractivity contribution in [2.75, 3.05) is 5.75 Å². The van der Waals surface area contributed by atoms with Gasteiger partial charge in [0.25, 0.3) is 11.8 Å². The minimum absolute atomic E-state index is 0.0185. The summed E-state index contributed by atoms with van der Waals surface area (Å²) in [5, 5.41) is 0. The van der Waals surface area contributed by atoms with E-state index in [4.69, 9.17) is 4.74 Å². The average molecular weight is 400 g/mol. The molecule has 1 atom stereocenters. The summed E-state index contributed by atoms with van der Waals surface area (Å²) in [6.07, 6.45) is -1.13. The van der Waals surface area contributed by atoms with Crippen LogP contribution in [0, 0.1) is 0 Å². The fourth-order valence-electron chi connectivity index (χ4n) is 2.10. The second-order valence-corrected chi connectivity index (χ2v) is 6.86. The van der Waals surface area contributed by atoms with Crippen LogP contribution in [-0.4, -0.2) is 35.4 Å². The molecular formula is C20H20N2O5S. The van der Waals surface area contributed by atoms with Crippen LogP contribution in [0.5, 0.6) is 0 Å². The second-order valence-electron chi connectivity index (χ2n) is 5.84. The van der Waals surface area contributed by atoms with Gasteiger partial charge in [0, 0.05) is 10.5 Å². The van der Waals surface area contributed by atoms with Crippen LogP contribution in [0.3, 0.4) is 0 Å². The normalized spacial score (nSPS) is 11.2. The molecule has 0 aromatic heterocycles. The zero-order valence-corrected chi connectivity index (χ0v) is 16.2. The molecule has 8 heteroatoms. The van der Waals surface area contributed by atoms with Gasteiger partial charge in [0.15, 0.2) is 6.10 Å². The number of hydrazine groups is 1. The van der Waals surface area contributed by atoms with Gasteiger partial charge in [-0.15, -0.1) is 11.8 Å². The van der Waals surface area contributed by atoms with Crippen LogP contribution in [-0.2, 0) is 14.3 Å². The van der Waals surface area contributed by atoms with Gasteiger partial charge >= 0.3 is 5.97 Å². The number of hydrogen-bond donors (Lipinski definition) is 2. The van der Waals surface area contributed by atoms with Crippen LogP contribution >= 0.6 is 11.8 Å². The number of hydrogen-bond acceptors (Lipinski definition) is 6. The molecule has 2 rings (SSSR count). The lowest BCUT2D eigenvalue weighted by Gasteiger charge is -2.15. The Morgan fingerprint density at radius 3 is 2.29 bits per heavy atom. The third-order valence-electron chi connectivity index (χ3n) is 3.53. The predicted octanol–water partition coefficient (Wildman–Crippen LogP) is 2.37. The van der Waals surface area contributed by atoms with E-state index in [1.165, 1.54) is 25.6 Å². The number of carbonyl (C=O) groups excluding carboxylic acids is 4. The summed E-state index contributed by atoms with van der Waals surface area (Å²) in [6, 6.07) is 15.0. The van der Waals surface area contributed by atoms with Crippen LogP contribution in [0.25, 0.3) is 0 Å². The van der Waals surface area contributed by atoms with Crippen molar-refractivity contribution in [3.05, 3.63) is 65.7 Å². The summed E-state index contributed by atoms with van der Waals surface area (Å²) in [7, 11) is 0. The maximum atomic E-state index is 12.4. The van der Waals surface area contributed by atoms with Crippen molar-refractivity contribution in [2.45, 2.75) is 24.8 Å². The minimum atomic E-state index is -1.13. The van der Waals surface area contributed by atoms with Crippen LogP contribution < -0.4 is 10.9 Å². The molecule has 2 N–H and O–H groups in total. The smallest absolute Gasteiger partial charge is 0.340 e. The van der Waals surface area contributed by atoms with Gasteiger partial charge < -0.3 is 4.74 Å². The maximum Gasteiger partial charge on any atom is 0.340 e. The summed E-state index contributed by atoms with van der Waals surface area (Å²) >= 11 is 1.22. The first kappa shape index (κ1) is 21.2. The molecule has 2 amide bonds. The molecule has 0 radical (unpaired) electrons. The molecule has 0 saturated carbocycles. The first-order valence-corrected chi connectivity index (χ1v) is 9.44. The zero-order valence-electron chi connectivity index (χ0n) is 15.4. The number of Topliss-reactive ketones (excluding diaryl/α,β-unsaturated/α-hetero) is 1.